The van der Waals surface area contributed by atoms with Crippen molar-refractivity contribution in [1.82, 2.24) is 4.57 Å². The number of oxazole rings is 1. The fraction of sp³-hybridized carbons (Fsp3) is 0.429. The first-order valence-corrected chi connectivity index (χ1v) is 6.23. The molecule has 1 aromatic carbocycles. The average molecular weight is 263 g/mol. The quantitative estimate of drug-likeness (QED) is 0.790. The summed E-state index contributed by atoms with van der Waals surface area (Å²) in [4.78, 5) is 23.0. The number of carbonyl (C=O) groups excluding carboxylic acids is 1. The number of nitrogens with zero attached hydrogens (tertiary/aromatic N) is 1. The van der Waals surface area contributed by atoms with Gasteiger partial charge in [-0.15, -0.1) is 0 Å². The van der Waals surface area contributed by atoms with Crippen LogP contribution in [0.1, 0.15) is 18.9 Å². The molecule has 0 spiro atoms. The van der Waals surface area contributed by atoms with Crippen LogP contribution in [0, 0.1) is 5.92 Å². The third kappa shape index (κ3) is 2.54. The van der Waals surface area contributed by atoms with Crippen LogP contribution in [-0.2, 0) is 23.0 Å². The summed E-state index contributed by atoms with van der Waals surface area (Å²) >= 11 is 0. The van der Waals surface area contributed by atoms with Crippen molar-refractivity contribution in [3.8, 4) is 0 Å². The van der Waals surface area contributed by atoms with Gasteiger partial charge in [-0.2, -0.15) is 0 Å². The summed E-state index contributed by atoms with van der Waals surface area (Å²) < 4.78 is 11.4. The van der Waals surface area contributed by atoms with Gasteiger partial charge in [-0.25, -0.2) is 4.79 Å². The van der Waals surface area contributed by atoms with Gasteiger partial charge in [0.1, 0.15) is 0 Å². The summed E-state index contributed by atoms with van der Waals surface area (Å²) in [6.07, 6.45) is 1.29. The van der Waals surface area contributed by atoms with Gasteiger partial charge in [-0.3, -0.25) is 9.36 Å². The molecule has 0 radical (unpaired) electrons. The summed E-state index contributed by atoms with van der Waals surface area (Å²) in [6, 6.07) is 5.55. The zero-order valence-electron chi connectivity index (χ0n) is 11.3. The van der Waals surface area contributed by atoms with Crippen molar-refractivity contribution >= 4 is 17.1 Å². The van der Waals surface area contributed by atoms with Crippen LogP contribution < -0.4 is 5.76 Å². The van der Waals surface area contributed by atoms with E-state index in [0.717, 1.165) is 11.1 Å². The number of hydrogen-bond acceptors (Lipinski definition) is 4. The molecule has 2 rings (SSSR count). The molecule has 19 heavy (non-hydrogen) atoms. The lowest BCUT2D eigenvalue weighted by molar-refractivity contribution is -0.145. The lowest BCUT2D eigenvalue weighted by atomic mass is 9.97. The van der Waals surface area contributed by atoms with E-state index in [0.29, 0.717) is 18.4 Å². The highest BCUT2D eigenvalue weighted by molar-refractivity contribution is 5.75. The number of ether oxygens (including phenoxy) is 1. The number of aromatic nitrogens is 1. The van der Waals surface area contributed by atoms with Crippen LogP contribution in [-0.4, -0.2) is 17.6 Å². The monoisotopic (exact) mass is 263 g/mol. The van der Waals surface area contributed by atoms with Crippen LogP contribution in [0.25, 0.3) is 11.1 Å². The number of rotatable bonds is 4. The molecular formula is C14H17NO4. The Bertz CT molecular complexity index is 653. The van der Waals surface area contributed by atoms with E-state index in [2.05, 4.69) is 0 Å². The average Bonchev–Trinajstić information content (AvgIpc) is 2.70. The first-order chi connectivity index (χ1) is 9.06. The molecule has 0 N–H and O–H groups in total. The first-order valence-electron chi connectivity index (χ1n) is 6.23. The largest absolute Gasteiger partial charge is 0.469 e. The van der Waals surface area contributed by atoms with Crippen molar-refractivity contribution < 1.29 is 13.9 Å². The number of benzene rings is 1. The molecule has 0 amide bonds. The highest BCUT2D eigenvalue weighted by atomic mass is 16.5. The zero-order valence-corrected chi connectivity index (χ0v) is 11.3. The van der Waals surface area contributed by atoms with E-state index < -0.39 is 0 Å². The Balaban J connectivity index is 2.31. The predicted molar refractivity (Wildman–Crippen MR) is 71.0 cm³/mol. The minimum Gasteiger partial charge on any atom is -0.469 e. The topological polar surface area (TPSA) is 61.4 Å². The van der Waals surface area contributed by atoms with Gasteiger partial charge in [0.15, 0.2) is 5.58 Å². The molecule has 5 heteroatoms. The molecule has 0 aliphatic carbocycles. The lowest BCUT2D eigenvalue weighted by Gasteiger charge is -2.12. The molecule has 1 aromatic heterocycles. The van der Waals surface area contributed by atoms with Crippen LogP contribution >= 0.6 is 0 Å². The fourth-order valence-electron chi connectivity index (χ4n) is 2.15. The molecule has 0 aliphatic rings. The molecular weight excluding hydrogens is 246 g/mol. The Morgan fingerprint density at radius 2 is 2.21 bits per heavy atom. The summed E-state index contributed by atoms with van der Waals surface area (Å²) in [5.74, 6) is -0.762. The maximum atomic E-state index is 11.6. The minimum absolute atomic E-state index is 0.169. The van der Waals surface area contributed by atoms with Gasteiger partial charge in [-0.1, -0.05) is 13.0 Å². The van der Waals surface area contributed by atoms with Crippen LogP contribution in [0.4, 0.5) is 0 Å². The second-order valence-electron chi connectivity index (χ2n) is 4.56. The molecule has 1 unspecified atom stereocenters. The van der Waals surface area contributed by atoms with E-state index in [9.17, 15) is 9.59 Å². The fourth-order valence-corrected chi connectivity index (χ4v) is 2.15. The molecule has 0 saturated heterocycles. The van der Waals surface area contributed by atoms with E-state index in [1.807, 2.05) is 25.1 Å². The van der Waals surface area contributed by atoms with Crippen molar-refractivity contribution in [3.63, 3.8) is 0 Å². The Labute approximate surface area is 110 Å². The molecule has 0 saturated carbocycles. The Morgan fingerprint density at radius 1 is 1.47 bits per heavy atom. The molecule has 102 valence electrons. The minimum atomic E-state index is -0.382. The maximum absolute atomic E-state index is 11.6. The molecule has 0 bridgehead atoms. The lowest BCUT2D eigenvalue weighted by Crippen LogP contribution is -2.17. The molecule has 5 nitrogen and oxygen atoms in total. The Kier molecular flexibility index (Phi) is 3.74. The number of fused-ring (bicyclic) bond motifs is 1. The van der Waals surface area contributed by atoms with E-state index in [1.54, 1.807) is 7.05 Å². The number of carbonyl (C=O) groups is 1. The van der Waals surface area contributed by atoms with Crippen molar-refractivity contribution in [2.75, 3.05) is 7.11 Å². The van der Waals surface area contributed by atoms with Crippen LogP contribution in [0.5, 0.6) is 0 Å². The van der Waals surface area contributed by atoms with Crippen LogP contribution in [0.3, 0.4) is 0 Å². The van der Waals surface area contributed by atoms with Gasteiger partial charge < -0.3 is 9.15 Å². The highest BCUT2D eigenvalue weighted by Crippen LogP contribution is 2.19. The SMILES string of the molecule is CCC(Cc1ccc2c(c1)oc(=O)n2C)C(=O)OC. The van der Waals surface area contributed by atoms with Gasteiger partial charge in [0.2, 0.25) is 0 Å². The molecule has 2 aromatic rings. The second-order valence-corrected chi connectivity index (χ2v) is 4.56. The van der Waals surface area contributed by atoms with Crippen LogP contribution in [0.2, 0.25) is 0 Å². The number of hydrogen-bond donors (Lipinski definition) is 0. The van der Waals surface area contributed by atoms with Crippen molar-refractivity contribution in [2.24, 2.45) is 13.0 Å². The summed E-state index contributed by atoms with van der Waals surface area (Å²) in [6.45, 7) is 1.95. The van der Waals surface area contributed by atoms with Gasteiger partial charge in [0, 0.05) is 7.05 Å². The molecule has 1 heterocycles. The summed E-state index contributed by atoms with van der Waals surface area (Å²) in [5.41, 5.74) is 2.25. The molecule has 0 fully saturated rings. The number of methoxy groups -OCH3 is 1. The zero-order chi connectivity index (χ0) is 14.0. The van der Waals surface area contributed by atoms with Gasteiger partial charge >= 0.3 is 11.7 Å². The third-order valence-electron chi connectivity index (χ3n) is 3.37. The van der Waals surface area contributed by atoms with E-state index in [4.69, 9.17) is 9.15 Å². The molecule has 1 atom stereocenters. The first kappa shape index (κ1) is 13.4. The Morgan fingerprint density at radius 3 is 2.84 bits per heavy atom. The predicted octanol–water partition coefficient (Wildman–Crippen LogP) is 1.87. The van der Waals surface area contributed by atoms with E-state index in [-0.39, 0.29) is 17.6 Å². The standard InChI is InChI=1S/C14H17NO4/c1-4-10(13(16)18-3)7-9-5-6-11-12(8-9)19-14(17)15(11)2/h5-6,8,10H,4,7H2,1-3H3. The summed E-state index contributed by atoms with van der Waals surface area (Å²) in [7, 11) is 3.06. The Hall–Kier alpha value is -2.04. The van der Waals surface area contributed by atoms with Crippen molar-refractivity contribution in [2.45, 2.75) is 19.8 Å². The number of aryl methyl sites for hydroxylation is 1. The van der Waals surface area contributed by atoms with Gasteiger partial charge in [0.05, 0.1) is 18.5 Å². The van der Waals surface area contributed by atoms with E-state index in [1.165, 1.54) is 11.7 Å². The maximum Gasteiger partial charge on any atom is 0.419 e. The van der Waals surface area contributed by atoms with Crippen molar-refractivity contribution in [1.29, 1.82) is 0 Å². The highest BCUT2D eigenvalue weighted by Gasteiger charge is 2.18. The second kappa shape index (κ2) is 5.30. The molecule has 0 aliphatic heterocycles. The van der Waals surface area contributed by atoms with Gasteiger partial charge in [0.25, 0.3) is 0 Å². The smallest absolute Gasteiger partial charge is 0.419 e. The van der Waals surface area contributed by atoms with Crippen LogP contribution in [0.15, 0.2) is 27.4 Å². The normalized spacial score (nSPS) is 12.6. The number of esters is 1. The van der Waals surface area contributed by atoms with Crippen molar-refractivity contribution in [3.05, 3.63) is 34.3 Å². The van der Waals surface area contributed by atoms with Gasteiger partial charge in [-0.05, 0) is 30.5 Å². The van der Waals surface area contributed by atoms with E-state index >= 15 is 0 Å². The third-order valence-corrected chi connectivity index (χ3v) is 3.37. The summed E-state index contributed by atoms with van der Waals surface area (Å²) in [5, 5.41) is 0.